The maximum absolute atomic E-state index is 13.1. The Hall–Kier alpha value is -3.80. The number of halogens is 3. The maximum atomic E-state index is 13.1. The molecule has 1 aromatic carbocycles. The highest BCUT2D eigenvalue weighted by atomic mass is 32.2. The molecule has 34 heavy (non-hydrogen) atoms. The smallest absolute Gasteiger partial charge is 0.446 e. The molecule has 1 aliphatic rings. The van der Waals surface area contributed by atoms with Crippen LogP contribution in [0, 0.1) is 0 Å². The van der Waals surface area contributed by atoms with Gasteiger partial charge in [0.25, 0.3) is 11.8 Å². The number of benzene rings is 1. The van der Waals surface area contributed by atoms with E-state index in [2.05, 4.69) is 10.3 Å². The fraction of sp³-hybridized carbons (Fsp3) is 0.182. The Balaban J connectivity index is 1.53. The van der Waals surface area contributed by atoms with Gasteiger partial charge >= 0.3 is 11.5 Å². The number of urea groups is 1. The van der Waals surface area contributed by atoms with Crippen LogP contribution in [0.5, 0.6) is 0 Å². The predicted octanol–water partition coefficient (Wildman–Crippen LogP) is 4.90. The average Bonchev–Trinajstić information content (AvgIpc) is 3.39. The van der Waals surface area contributed by atoms with Crippen molar-refractivity contribution in [1.29, 1.82) is 0 Å². The number of hydrogen-bond acceptors (Lipinski definition) is 6. The molecule has 1 atom stereocenters. The van der Waals surface area contributed by atoms with Gasteiger partial charge in [0.15, 0.2) is 5.76 Å². The van der Waals surface area contributed by atoms with E-state index in [0.29, 0.717) is 11.3 Å². The van der Waals surface area contributed by atoms with Gasteiger partial charge in [-0.15, -0.1) is 0 Å². The van der Waals surface area contributed by atoms with Crippen molar-refractivity contribution in [2.24, 2.45) is 0 Å². The number of alkyl halides is 3. The highest BCUT2D eigenvalue weighted by molar-refractivity contribution is 8.00. The van der Waals surface area contributed by atoms with Crippen LogP contribution in [0.25, 0.3) is 0 Å². The summed E-state index contributed by atoms with van der Waals surface area (Å²) in [7, 11) is 0. The molecule has 0 radical (unpaired) electrons. The molecule has 8 nitrogen and oxygen atoms in total. The summed E-state index contributed by atoms with van der Waals surface area (Å²) in [5.74, 6) is -0.931. The van der Waals surface area contributed by atoms with Crippen molar-refractivity contribution >= 4 is 41.0 Å². The maximum Gasteiger partial charge on any atom is 0.446 e. The largest absolute Gasteiger partial charge is 0.459 e. The number of nitrogens with zero attached hydrogens (tertiary/aromatic N) is 3. The van der Waals surface area contributed by atoms with Crippen LogP contribution in [0.15, 0.2) is 70.4 Å². The summed E-state index contributed by atoms with van der Waals surface area (Å²) in [5.41, 5.74) is -3.41. The topological polar surface area (TPSA) is 95.8 Å². The molecule has 1 saturated heterocycles. The molecule has 3 aromatic rings. The quantitative estimate of drug-likeness (QED) is 0.390. The van der Waals surface area contributed by atoms with E-state index < -0.39 is 29.4 Å². The lowest BCUT2D eigenvalue weighted by Gasteiger charge is -2.21. The third-order valence-corrected chi connectivity index (χ3v) is 5.80. The number of carbonyl (C=O) groups is 3. The minimum Gasteiger partial charge on any atom is -0.459 e. The zero-order valence-corrected chi connectivity index (χ0v) is 18.4. The molecule has 1 N–H and O–H groups in total. The first-order valence-electron chi connectivity index (χ1n) is 9.92. The standard InChI is InChI=1S/C22H17F3N4O4S/c1-13-20(31)29(15-4-6-16(7-5-15)34-22(23,24)25)21(32)28(13)12-14-8-9-26-11-17(14)27-19(30)18-3-2-10-33-18/h2-11,13H,12H2,1H3,(H,27,30). The van der Waals surface area contributed by atoms with Crippen LogP contribution >= 0.6 is 11.8 Å². The lowest BCUT2D eigenvalue weighted by molar-refractivity contribution is -0.119. The highest BCUT2D eigenvalue weighted by Crippen LogP contribution is 2.38. The Morgan fingerprint density at radius 1 is 1.18 bits per heavy atom. The fourth-order valence-corrected chi connectivity index (χ4v) is 3.94. The van der Waals surface area contributed by atoms with Crippen LogP contribution in [0.1, 0.15) is 23.0 Å². The molecule has 1 aliphatic heterocycles. The Morgan fingerprint density at radius 2 is 1.91 bits per heavy atom. The molecular formula is C22H17F3N4O4S. The molecule has 2 aromatic heterocycles. The number of nitrogens with one attached hydrogen (secondary N) is 1. The van der Waals surface area contributed by atoms with Crippen molar-refractivity contribution in [3.05, 3.63) is 72.4 Å². The van der Waals surface area contributed by atoms with Gasteiger partial charge in [-0.3, -0.25) is 14.6 Å². The molecule has 0 saturated carbocycles. The van der Waals surface area contributed by atoms with E-state index in [1.54, 1.807) is 19.1 Å². The summed E-state index contributed by atoms with van der Waals surface area (Å²) >= 11 is -0.284. The Morgan fingerprint density at radius 3 is 2.56 bits per heavy atom. The number of thioether (sulfide) groups is 1. The number of furan rings is 1. The first-order valence-corrected chi connectivity index (χ1v) is 10.7. The van der Waals surface area contributed by atoms with Gasteiger partial charge < -0.3 is 14.6 Å². The lowest BCUT2D eigenvalue weighted by Crippen LogP contribution is -2.33. The highest BCUT2D eigenvalue weighted by Gasteiger charge is 2.43. The molecule has 12 heteroatoms. The molecule has 4 amide bonds. The third-order valence-electron chi connectivity index (χ3n) is 5.06. The predicted molar refractivity (Wildman–Crippen MR) is 117 cm³/mol. The van der Waals surface area contributed by atoms with Gasteiger partial charge in [-0.25, -0.2) is 9.69 Å². The minimum absolute atomic E-state index is 0.0134. The van der Waals surface area contributed by atoms with Gasteiger partial charge in [0.2, 0.25) is 0 Å². The second kappa shape index (κ2) is 9.21. The monoisotopic (exact) mass is 490 g/mol. The van der Waals surface area contributed by atoms with Crippen molar-refractivity contribution in [3.63, 3.8) is 0 Å². The Kier molecular flexibility index (Phi) is 6.33. The molecule has 1 unspecified atom stereocenters. The second-order valence-electron chi connectivity index (χ2n) is 7.27. The van der Waals surface area contributed by atoms with Gasteiger partial charge in [0, 0.05) is 11.1 Å². The van der Waals surface area contributed by atoms with Crippen molar-refractivity contribution in [3.8, 4) is 0 Å². The number of pyridine rings is 1. The van der Waals surface area contributed by atoms with E-state index in [0.717, 1.165) is 4.90 Å². The molecule has 3 heterocycles. The number of hydrogen-bond donors (Lipinski definition) is 1. The van der Waals surface area contributed by atoms with Crippen molar-refractivity contribution in [2.45, 2.75) is 29.9 Å². The summed E-state index contributed by atoms with van der Waals surface area (Å²) in [6, 6.07) is 8.19. The first-order chi connectivity index (χ1) is 16.1. The fourth-order valence-electron chi connectivity index (χ4n) is 3.40. The van der Waals surface area contributed by atoms with Gasteiger partial charge in [-0.1, -0.05) is 0 Å². The summed E-state index contributed by atoms with van der Waals surface area (Å²) < 4.78 is 42.8. The zero-order valence-electron chi connectivity index (χ0n) is 17.6. The number of aromatic nitrogens is 1. The van der Waals surface area contributed by atoms with E-state index in [1.807, 2.05) is 0 Å². The molecule has 0 aliphatic carbocycles. The number of carbonyl (C=O) groups excluding carboxylic acids is 3. The molecule has 1 fully saturated rings. The van der Waals surface area contributed by atoms with E-state index >= 15 is 0 Å². The van der Waals surface area contributed by atoms with Gasteiger partial charge in [0.1, 0.15) is 6.04 Å². The Bertz CT molecular complexity index is 1220. The van der Waals surface area contributed by atoms with E-state index in [9.17, 15) is 27.6 Å². The molecule has 176 valence electrons. The summed E-state index contributed by atoms with van der Waals surface area (Å²) in [6.45, 7) is 1.54. The summed E-state index contributed by atoms with van der Waals surface area (Å²) in [5, 5.41) is 2.67. The first kappa shape index (κ1) is 23.4. The molecule has 0 bridgehead atoms. The Labute approximate surface area is 195 Å². The van der Waals surface area contributed by atoms with Crippen molar-refractivity contribution in [2.75, 3.05) is 10.2 Å². The number of imide groups is 1. The van der Waals surface area contributed by atoms with E-state index in [-0.39, 0.29) is 34.6 Å². The molecule has 4 rings (SSSR count). The number of amides is 4. The molecular weight excluding hydrogens is 473 g/mol. The van der Waals surface area contributed by atoms with Crippen LogP contribution in [0.3, 0.4) is 0 Å². The summed E-state index contributed by atoms with van der Waals surface area (Å²) in [6.07, 6.45) is 4.26. The second-order valence-corrected chi connectivity index (χ2v) is 8.40. The van der Waals surface area contributed by atoms with Crippen LogP contribution in [-0.2, 0) is 11.3 Å². The molecule has 0 spiro atoms. The van der Waals surface area contributed by atoms with Crippen LogP contribution < -0.4 is 10.2 Å². The minimum atomic E-state index is -4.44. The lowest BCUT2D eigenvalue weighted by atomic mass is 10.2. The van der Waals surface area contributed by atoms with Gasteiger partial charge in [-0.2, -0.15) is 13.2 Å². The van der Waals surface area contributed by atoms with E-state index in [1.165, 1.54) is 53.9 Å². The average molecular weight is 490 g/mol. The van der Waals surface area contributed by atoms with Crippen LogP contribution in [-0.4, -0.2) is 39.3 Å². The number of anilines is 2. The summed E-state index contributed by atoms with van der Waals surface area (Å²) in [4.78, 5) is 44.4. The SMILES string of the molecule is CC1C(=O)N(c2ccc(SC(F)(F)F)cc2)C(=O)N1Cc1ccncc1NC(=O)c1ccco1. The normalized spacial score (nSPS) is 16.3. The zero-order chi connectivity index (χ0) is 24.5. The van der Waals surface area contributed by atoms with Crippen LogP contribution in [0.2, 0.25) is 0 Å². The van der Waals surface area contributed by atoms with Crippen molar-refractivity contribution in [1.82, 2.24) is 9.88 Å². The number of rotatable bonds is 6. The van der Waals surface area contributed by atoms with Gasteiger partial charge in [0.05, 0.1) is 30.4 Å². The van der Waals surface area contributed by atoms with Crippen molar-refractivity contribution < 1.29 is 32.0 Å². The third kappa shape index (κ3) is 4.91. The van der Waals surface area contributed by atoms with Gasteiger partial charge in [-0.05, 0) is 66.7 Å². The van der Waals surface area contributed by atoms with E-state index in [4.69, 9.17) is 4.42 Å². The van der Waals surface area contributed by atoms with Crippen LogP contribution in [0.4, 0.5) is 29.3 Å².